The lowest BCUT2D eigenvalue weighted by atomic mass is 9.96. The van der Waals surface area contributed by atoms with Crippen LogP contribution in [0.15, 0.2) is 18.3 Å². The Morgan fingerprint density at radius 3 is 2.83 bits per heavy atom. The van der Waals surface area contributed by atoms with Gasteiger partial charge in [0, 0.05) is 18.3 Å². The second kappa shape index (κ2) is 5.27. The molecule has 1 aromatic rings. The van der Waals surface area contributed by atoms with E-state index in [4.69, 9.17) is 0 Å². The average molecular weight is 245 g/mol. The molecular formula is C15H23N3. The molecule has 1 aliphatic carbocycles. The average Bonchev–Trinajstić information content (AvgIpc) is 3.24. The van der Waals surface area contributed by atoms with Gasteiger partial charge < -0.3 is 5.32 Å². The van der Waals surface area contributed by atoms with E-state index in [2.05, 4.69) is 40.5 Å². The Morgan fingerprint density at radius 1 is 1.28 bits per heavy atom. The zero-order chi connectivity index (χ0) is 12.4. The van der Waals surface area contributed by atoms with E-state index in [1.807, 2.05) is 0 Å². The summed E-state index contributed by atoms with van der Waals surface area (Å²) >= 11 is 0. The van der Waals surface area contributed by atoms with Crippen LogP contribution in [0.5, 0.6) is 0 Å². The van der Waals surface area contributed by atoms with Gasteiger partial charge in [-0.2, -0.15) is 0 Å². The van der Waals surface area contributed by atoms with Gasteiger partial charge in [-0.05, 0) is 50.4 Å². The van der Waals surface area contributed by atoms with E-state index in [0.29, 0.717) is 12.1 Å². The SMILES string of the molecule is CCN1CCCC[C@@H]1c1ccc(NC2CC2)nc1. The molecule has 18 heavy (non-hydrogen) atoms. The van der Waals surface area contributed by atoms with Crippen molar-refractivity contribution in [3.63, 3.8) is 0 Å². The van der Waals surface area contributed by atoms with Gasteiger partial charge in [0.2, 0.25) is 0 Å². The molecular weight excluding hydrogens is 222 g/mol. The fourth-order valence-electron chi connectivity index (χ4n) is 2.87. The van der Waals surface area contributed by atoms with Gasteiger partial charge in [-0.15, -0.1) is 0 Å². The molecule has 2 aliphatic rings. The van der Waals surface area contributed by atoms with Crippen LogP contribution in [0.2, 0.25) is 0 Å². The molecule has 1 aliphatic heterocycles. The summed E-state index contributed by atoms with van der Waals surface area (Å²) in [6.45, 7) is 4.64. The summed E-state index contributed by atoms with van der Waals surface area (Å²) in [6.07, 6.45) is 8.65. The molecule has 1 saturated carbocycles. The quantitative estimate of drug-likeness (QED) is 0.883. The first-order chi connectivity index (χ1) is 8.86. The van der Waals surface area contributed by atoms with E-state index in [0.717, 1.165) is 12.4 Å². The first-order valence-corrected chi connectivity index (χ1v) is 7.33. The minimum Gasteiger partial charge on any atom is -0.367 e. The van der Waals surface area contributed by atoms with Gasteiger partial charge in [-0.1, -0.05) is 19.4 Å². The van der Waals surface area contributed by atoms with Crippen LogP contribution in [0.1, 0.15) is 50.6 Å². The van der Waals surface area contributed by atoms with Gasteiger partial charge in [-0.25, -0.2) is 4.98 Å². The summed E-state index contributed by atoms with van der Waals surface area (Å²) in [6, 6.07) is 5.68. The monoisotopic (exact) mass is 245 g/mol. The second-order valence-corrected chi connectivity index (χ2v) is 5.54. The highest BCUT2D eigenvalue weighted by Crippen LogP contribution is 2.31. The van der Waals surface area contributed by atoms with Crippen molar-refractivity contribution in [2.24, 2.45) is 0 Å². The predicted octanol–water partition coefficient (Wildman–Crippen LogP) is 3.20. The Bertz CT molecular complexity index is 383. The van der Waals surface area contributed by atoms with Crippen molar-refractivity contribution in [2.45, 2.75) is 51.1 Å². The van der Waals surface area contributed by atoms with E-state index >= 15 is 0 Å². The maximum absolute atomic E-state index is 4.57. The number of hydrogen-bond donors (Lipinski definition) is 1. The Kier molecular flexibility index (Phi) is 3.50. The van der Waals surface area contributed by atoms with Crippen LogP contribution in [0.3, 0.4) is 0 Å². The molecule has 3 rings (SSSR count). The van der Waals surface area contributed by atoms with Crippen molar-refractivity contribution in [3.8, 4) is 0 Å². The third-order valence-corrected chi connectivity index (χ3v) is 4.12. The third kappa shape index (κ3) is 2.66. The predicted molar refractivity (Wildman–Crippen MR) is 74.7 cm³/mol. The van der Waals surface area contributed by atoms with Crippen LogP contribution in [-0.2, 0) is 0 Å². The number of nitrogens with zero attached hydrogens (tertiary/aromatic N) is 2. The molecule has 0 unspecified atom stereocenters. The van der Waals surface area contributed by atoms with Gasteiger partial charge >= 0.3 is 0 Å². The number of rotatable bonds is 4. The summed E-state index contributed by atoms with van der Waals surface area (Å²) in [5, 5.41) is 3.45. The minimum absolute atomic E-state index is 0.589. The van der Waals surface area contributed by atoms with Gasteiger partial charge in [0.15, 0.2) is 0 Å². The fraction of sp³-hybridized carbons (Fsp3) is 0.667. The van der Waals surface area contributed by atoms with Crippen LogP contribution in [-0.4, -0.2) is 29.0 Å². The molecule has 3 nitrogen and oxygen atoms in total. The highest BCUT2D eigenvalue weighted by molar-refractivity contribution is 5.38. The van der Waals surface area contributed by atoms with Crippen molar-refractivity contribution in [2.75, 3.05) is 18.4 Å². The summed E-state index contributed by atoms with van der Waals surface area (Å²) < 4.78 is 0. The van der Waals surface area contributed by atoms with E-state index in [9.17, 15) is 0 Å². The van der Waals surface area contributed by atoms with Crippen molar-refractivity contribution in [3.05, 3.63) is 23.9 Å². The molecule has 2 fully saturated rings. The van der Waals surface area contributed by atoms with Crippen molar-refractivity contribution in [1.29, 1.82) is 0 Å². The minimum atomic E-state index is 0.589. The number of anilines is 1. The molecule has 1 atom stereocenters. The molecule has 1 N–H and O–H groups in total. The molecule has 3 heteroatoms. The first-order valence-electron chi connectivity index (χ1n) is 7.33. The molecule has 0 radical (unpaired) electrons. The molecule has 0 aromatic carbocycles. The lowest BCUT2D eigenvalue weighted by Gasteiger charge is -2.35. The Balaban J connectivity index is 1.69. The van der Waals surface area contributed by atoms with E-state index in [1.54, 1.807) is 0 Å². The molecule has 2 heterocycles. The zero-order valence-corrected chi connectivity index (χ0v) is 11.2. The fourth-order valence-corrected chi connectivity index (χ4v) is 2.87. The number of nitrogens with one attached hydrogen (secondary N) is 1. The van der Waals surface area contributed by atoms with E-state index in [1.165, 1.54) is 44.2 Å². The van der Waals surface area contributed by atoms with Crippen molar-refractivity contribution >= 4 is 5.82 Å². The smallest absolute Gasteiger partial charge is 0.126 e. The van der Waals surface area contributed by atoms with E-state index < -0.39 is 0 Å². The highest BCUT2D eigenvalue weighted by atomic mass is 15.2. The van der Waals surface area contributed by atoms with Crippen LogP contribution >= 0.6 is 0 Å². The number of likely N-dealkylation sites (tertiary alicyclic amines) is 1. The largest absolute Gasteiger partial charge is 0.367 e. The summed E-state index contributed by atoms with van der Waals surface area (Å²) in [4.78, 5) is 7.14. The number of piperidine rings is 1. The van der Waals surface area contributed by atoms with Crippen LogP contribution < -0.4 is 5.32 Å². The maximum atomic E-state index is 4.57. The summed E-state index contributed by atoms with van der Waals surface area (Å²) in [5.74, 6) is 1.04. The lowest BCUT2D eigenvalue weighted by Crippen LogP contribution is -2.33. The van der Waals surface area contributed by atoms with Crippen molar-refractivity contribution < 1.29 is 0 Å². The van der Waals surface area contributed by atoms with Crippen molar-refractivity contribution in [1.82, 2.24) is 9.88 Å². The third-order valence-electron chi connectivity index (χ3n) is 4.12. The maximum Gasteiger partial charge on any atom is 0.126 e. The Morgan fingerprint density at radius 2 is 2.17 bits per heavy atom. The highest BCUT2D eigenvalue weighted by Gasteiger charge is 2.24. The van der Waals surface area contributed by atoms with Crippen LogP contribution in [0, 0.1) is 0 Å². The lowest BCUT2D eigenvalue weighted by molar-refractivity contribution is 0.157. The molecule has 98 valence electrons. The summed E-state index contributed by atoms with van der Waals surface area (Å²) in [7, 11) is 0. The van der Waals surface area contributed by atoms with E-state index in [-0.39, 0.29) is 0 Å². The molecule has 0 spiro atoms. The van der Waals surface area contributed by atoms with Gasteiger partial charge in [0.25, 0.3) is 0 Å². The van der Waals surface area contributed by atoms with Crippen LogP contribution in [0.4, 0.5) is 5.82 Å². The number of hydrogen-bond acceptors (Lipinski definition) is 3. The number of aromatic nitrogens is 1. The zero-order valence-electron chi connectivity index (χ0n) is 11.2. The summed E-state index contributed by atoms with van der Waals surface area (Å²) in [5.41, 5.74) is 1.39. The van der Waals surface area contributed by atoms with Gasteiger partial charge in [-0.3, -0.25) is 4.90 Å². The van der Waals surface area contributed by atoms with Gasteiger partial charge in [0.1, 0.15) is 5.82 Å². The molecule has 0 bridgehead atoms. The molecule has 1 saturated heterocycles. The van der Waals surface area contributed by atoms with Crippen LogP contribution in [0.25, 0.3) is 0 Å². The van der Waals surface area contributed by atoms with Gasteiger partial charge in [0.05, 0.1) is 0 Å². The standard InChI is InChI=1S/C15H23N3/c1-2-18-10-4-3-5-14(18)12-6-9-15(16-11-12)17-13-7-8-13/h6,9,11,13-14H,2-5,7-8,10H2,1H3,(H,16,17)/t14-/m1/s1. The topological polar surface area (TPSA) is 28.2 Å². The Labute approximate surface area is 110 Å². The molecule has 1 aromatic heterocycles. The normalized spacial score (nSPS) is 25.1. The number of pyridine rings is 1. The first kappa shape index (κ1) is 12.0. The Hall–Kier alpha value is -1.09. The molecule has 0 amide bonds. The second-order valence-electron chi connectivity index (χ2n) is 5.54.